The second-order valence-electron chi connectivity index (χ2n) is 9.25. The molecule has 1 aliphatic heterocycles. The highest BCUT2D eigenvalue weighted by molar-refractivity contribution is 8.00. The number of likely N-dealkylation sites (tertiary alicyclic amines) is 1. The van der Waals surface area contributed by atoms with Gasteiger partial charge in [-0.2, -0.15) is 11.8 Å². The van der Waals surface area contributed by atoms with E-state index in [0.29, 0.717) is 6.54 Å². The van der Waals surface area contributed by atoms with Crippen LogP contribution >= 0.6 is 23.1 Å². The van der Waals surface area contributed by atoms with Crippen LogP contribution in [0, 0.1) is 6.92 Å². The lowest BCUT2D eigenvalue weighted by Crippen LogP contribution is -2.59. The average Bonchev–Trinajstić information content (AvgIpc) is 3.41. The molecule has 1 saturated heterocycles. The van der Waals surface area contributed by atoms with Gasteiger partial charge in [-0.05, 0) is 37.7 Å². The predicted molar refractivity (Wildman–Crippen MR) is 140 cm³/mol. The van der Waals surface area contributed by atoms with Gasteiger partial charge in [-0.1, -0.05) is 31.2 Å². The largest absolute Gasteiger partial charge is 0.391 e. The maximum atomic E-state index is 13.5. The molecule has 0 saturated carbocycles. The predicted octanol–water partition coefficient (Wildman–Crippen LogP) is 2.73. The van der Waals surface area contributed by atoms with Crippen molar-refractivity contribution in [3.63, 3.8) is 0 Å². The Morgan fingerprint density at radius 1 is 1.29 bits per heavy atom. The van der Waals surface area contributed by atoms with Crippen molar-refractivity contribution in [1.82, 2.24) is 20.5 Å². The maximum absolute atomic E-state index is 13.5. The number of aliphatic hydroxyl groups is 1. The van der Waals surface area contributed by atoms with Crippen molar-refractivity contribution in [3.8, 4) is 10.4 Å². The molecular formula is C25H34N4O4S2. The Morgan fingerprint density at radius 3 is 2.54 bits per heavy atom. The van der Waals surface area contributed by atoms with Crippen molar-refractivity contribution in [2.24, 2.45) is 0 Å². The molecule has 3 N–H and O–H groups in total. The number of nitrogens with zero attached hydrogens (tertiary/aromatic N) is 2. The molecule has 35 heavy (non-hydrogen) atoms. The molecule has 1 aliphatic rings. The van der Waals surface area contributed by atoms with E-state index < -0.39 is 22.9 Å². The number of thiazole rings is 1. The second-order valence-corrected chi connectivity index (χ2v) is 12.0. The number of benzene rings is 1. The number of thioether (sulfide) groups is 1. The summed E-state index contributed by atoms with van der Waals surface area (Å²) in [5, 5.41) is 16.0. The van der Waals surface area contributed by atoms with Gasteiger partial charge in [0.2, 0.25) is 17.7 Å². The van der Waals surface area contributed by atoms with E-state index in [1.54, 1.807) is 23.1 Å². The van der Waals surface area contributed by atoms with Crippen LogP contribution in [0.4, 0.5) is 0 Å². The smallest absolute Gasteiger partial charge is 0.247 e. The zero-order valence-corrected chi connectivity index (χ0v) is 22.5. The van der Waals surface area contributed by atoms with Crippen LogP contribution in [0.3, 0.4) is 0 Å². The summed E-state index contributed by atoms with van der Waals surface area (Å²) in [6.07, 6.45) is -0.633. The number of nitrogens with one attached hydrogen (secondary N) is 2. The van der Waals surface area contributed by atoms with Crippen LogP contribution < -0.4 is 10.6 Å². The number of aliphatic hydroxyl groups excluding tert-OH is 1. The molecule has 3 atom stereocenters. The summed E-state index contributed by atoms with van der Waals surface area (Å²) in [4.78, 5) is 45.3. The minimum Gasteiger partial charge on any atom is -0.391 e. The number of hydrogen-bond acceptors (Lipinski definition) is 7. The summed E-state index contributed by atoms with van der Waals surface area (Å²) < 4.78 is -0.579. The monoisotopic (exact) mass is 518 g/mol. The molecule has 1 aromatic carbocycles. The van der Waals surface area contributed by atoms with Crippen LogP contribution in [0.25, 0.3) is 10.4 Å². The molecule has 2 aromatic rings. The van der Waals surface area contributed by atoms with Gasteiger partial charge in [-0.25, -0.2) is 4.98 Å². The van der Waals surface area contributed by atoms with E-state index in [-0.39, 0.29) is 30.7 Å². The summed E-state index contributed by atoms with van der Waals surface area (Å²) in [6.45, 7) is 9.50. The third-order valence-corrected chi connectivity index (χ3v) is 8.35. The topological polar surface area (TPSA) is 112 Å². The van der Waals surface area contributed by atoms with E-state index in [4.69, 9.17) is 0 Å². The Hall–Kier alpha value is -2.43. The van der Waals surface area contributed by atoms with E-state index in [9.17, 15) is 19.5 Å². The van der Waals surface area contributed by atoms with Gasteiger partial charge in [-0.15, -0.1) is 11.3 Å². The highest BCUT2D eigenvalue weighted by Gasteiger charge is 2.45. The van der Waals surface area contributed by atoms with Crippen molar-refractivity contribution in [2.45, 2.75) is 70.5 Å². The second kappa shape index (κ2) is 11.5. The van der Waals surface area contributed by atoms with E-state index in [1.165, 1.54) is 11.8 Å². The first-order valence-corrected chi connectivity index (χ1v) is 13.6. The number of carbonyl (C=O) groups is 3. The van der Waals surface area contributed by atoms with Crippen molar-refractivity contribution in [2.75, 3.05) is 12.3 Å². The Labute approximate surface area is 214 Å². The summed E-state index contributed by atoms with van der Waals surface area (Å²) >= 11 is 3.15. The highest BCUT2D eigenvalue weighted by atomic mass is 32.2. The molecule has 0 spiro atoms. The summed E-state index contributed by atoms with van der Waals surface area (Å²) in [5.41, 5.74) is 4.81. The maximum Gasteiger partial charge on any atom is 0.247 e. The van der Waals surface area contributed by atoms with Gasteiger partial charge >= 0.3 is 0 Å². The molecule has 8 nitrogen and oxygen atoms in total. The van der Waals surface area contributed by atoms with Crippen molar-refractivity contribution in [3.05, 3.63) is 41.0 Å². The van der Waals surface area contributed by atoms with Crippen molar-refractivity contribution in [1.29, 1.82) is 0 Å². The fraction of sp³-hybridized carbons (Fsp3) is 0.520. The lowest BCUT2D eigenvalue weighted by molar-refractivity contribution is -0.142. The molecule has 10 heteroatoms. The zero-order chi connectivity index (χ0) is 25.8. The lowest BCUT2D eigenvalue weighted by atomic mass is 10.0. The number of aromatic nitrogens is 1. The third kappa shape index (κ3) is 6.62. The van der Waals surface area contributed by atoms with Gasteiger partial charge in [0.15, 0.2) is 0 Å². The SMILES string of the molecule is CCSC(C)(C)C(NC(C)=O)C(=O)N1CC(O)CC1C(=O)NCc1ccc(-c2scnc2C)cc1. The fourth-order valence-corrected chi connectivity index (χ4v) is 6.21. The number of carbonyl (C=O) groups excluding carboxylic acids is 3. The third-order valence-electron chi connectivity index (χ3n) is 6.10. The molecule has 3 amide bonds. The quantitative estimate of drug-likeness (QED) is 0.471. The number of rotatable bonds is 9. The molecule has 0 aliphatic carbocycles. The van der Waals surface area contributed by atoms with Crippen LogP contribution in [0.15, 0.2) is 29.8 Å². The van der Waals surface area contributed by atoms with Gasteiger partial charge in [0, 0.05) is 31.2 Å². The van der Waals surface area contributed by atoms with Crippen LogP contribution in [0.2, 0.25) is 0 Å². The van der Waals surface area contributed by atoms with E-state index in [1.807, 2.05) is 57.5 Å². The number of β-amino-alcohol motifs (C(OH)–C–C–N with tert-alkyl or cyclic N) is 1. The zero-order valence-electron chi connectivity index (χ0n) is 20.8. The minimum atomic E-state index is -0.812. The standard InChI is InChI=1S/C25H34N4O4S2/c1-6-35-25(4,5)22(28-16(3)30)24(33)29-13-19(31)11-20(29)23(32)26-12-17-7-9-18(10-8-17)21-15(2)27-14-34-21/h7-10,14,19-20,22,31H,6,11-13H2,1-5H3,(H,26,32)(H,28,30). The number of aryl methyl sites for hydroxylation is 1. The fourth-order valence-electron chi connectivity index (χ4n) is 4.32. The van der Waals surface area contributed by atoms with Crippen molar-refractivity contribution >= 4 is 40.8 Å². The van der Waals surface area contributed by atoms with Crippen LogP contribution in [-0.2, 0) is 20.9 Å². The van der Waals surface area contributed by atoms with Gasteiger partial charge in [0.25, 0.3) is 0 Å². The first kappa shape index (κ1) is 27.2. The summed E-state index contributed by atoms with van der Waals surface area (Å²) in [7, 11) is 0. The molecule has 3 unspecified atom stereocenters. The number of hydrogen-bond donors (Lipinski definition) is 3. The van der Waals surface area contributed by atoms with Crippen molar-refractivity contribution < 1.29 is 19.5 Å². The molecule has 3 rings (SSSR count). The Morgan fingerprint density at radius 2 is 1.97 bits per heavy atom. The molecule has 1 fully saturated rings. The molecular weight excluding hydrogens is 484 g/mol. The van der Waals surface area contributed by atoms with Gasteiger partial charge in [0.1, 0.15) is 12.1 Å². The first-order chi connectivity index (χ1) is 16.5. The molecule has 0 bridgehead atoms. The summed E-state index contributed by atoms with van der Waals surface area (Å²) in [6, 6.07) is 6.31. The Balaban J connectivity index is 1.69. The van der Waals surface area contributed by atoms with Crippen LogP contribution in [0.5, 0.6) is 0 Å². The van der Waals surface area contributed by atoms with Crippen LogP contribution in [-0.4, -0.2) is 67.9 Å². The number of amides is 3. The molecule has 0 radical (unpaired) electrons. The van der Waals surface area contributed by atoms with E-state index in [0.717, 1.165) is 27.5 Å². The molecule has 2 heterocycles. The first-order valence-electron chi connectivity index (χ1n) is 11.7. The van der Waals surface area contributed by atoms with Crippen LogP contribution in [0.1, 0.15) is 45.4 Å². The minimum absolute atomic E-state index is 0.0583. The van der Waals surface area contributed by atoms with Gasteiger partial charge in [-0.3, -0.25) is 14.4 Å². The molecule has 190 valence electrons. The Kier molecular flexibility index (Phi) is 8.95. The van der Waals surface area contributed by atoms with Gasteiger partial charge < -0.3 is 20.6 Å². The average molecular weight is 519 g/mol. The van der Waals surface area contributed by atoms with E-state index in [2.05, 4.69) is 15.6 Å². The lowest BCUT2D eigenvalue weighted by Gasteiger charge is -2.36. The summed E-state index contributed by atoms with van der Waals surface area (Å²) in [5.74, 6) is -0.220. The highest BCUT2D eigenvalue weighted by Crippen LogP contribution is 2.31. The molecule has 1 aromatic heterocycles. The normalized spacial score (nSPS) is 18.9. The Bertz CT molecular complexity index is 1050. The van der Waals surface area contributed by atoms with E-state index >= 15 is 0 Å². The van der Waals surface area contributed by atoms with Gasteiger partial charge in [0.05, 0.1) is 22.2 Å².